The van der Waals surface area contributed by atoms with E-state index in [1.54, 1.807) is 41.2 Å². The summed E-state index contributed by atoms with van der Waals surface area (Å²) in [6.45, 7) is 6.16. The Kier molecular flexibility index (Phi) is 9.99. The number of hydrogen-bond donors (Lipinski definition) is 1. The monoisotopic (exact) mass is 771 g/mol. The van der Waals surface area contributed by atoms with Gasteiger partial charge in [0.15, 0.2) is 5.75 Å². The maximum atomic E-state index is 16.3. The Balaban J connectivity index is 0.831. The molecule has 4 saturated heterocycles. The summed E-state index contributed by atoms with van der Waals surface area (Å²) in [5, 5.41) is 18.3. The van der Waals surface area contributed by atoms with Gasteiger partial charge in [-0.05, 0) is 37.5 Å². The second kappa shape index (κ2) is 14.9. The molecular weight excluding hydrogens is 725 g/mol. The van der Waals surface area contributed by atoms with Crippen LogP contribution in [0.4, 0.5) is 21.5 Å². The molecule has 1 atom stereocenters. The van der Waals surface area contributed by atoms with Crippen molar-refractivity contribution in [2.75, 3.05) is 75.8 Å². The van der Waals surface area contributed by atoms with Crippen molar-refractivity contribution in [1.29, 1.82) is 0 Å². The number of nitro benzene ring substituents is 1. The summed E-state index contributed by atoms with van der Waals surface area (Å²) in [4.78, 5) is 71.9. The molecule has 0 aliphatic carbocycles. The lowest BCUT2D eigenvalue weighted by Crippen LogP contribution is -2.56. The molecule has 2 aromatic carbocycles. The highest BCUT2D eigenvalue weighted by atomic mass is 19.1. The van der Waals surface area contributed by atoms with E-state index in [9.17, 15) is 29.3 Å². The quantitative estimate of drug-likeness (QED) is 0.192. The maximum absolute atomic E-state index is 16.3. The first-order valence-corrected chi connectivity index (χ1v) is 19.3. The van der Waals surface area contributed by atoms with Crippen LogP contribution in [0.2, 0.25) is 0 Å². The second-order valence-corrected chi connectivity index (χ2v) is 15.5. The molecule has 0 saturated carbocycles. The van der Waals surface area contributed by atoms with Crippen molar-refractivity contribution in [3.05, 3.63) is 64.0 Å². The molecule has 4 amide bonds. The second-order valence-electron chi connectivity index (χ2n) is 15.5. The Labute approximate surface area is 323 Å². The Hall–Kier alpha value is -5.42. The number of halogens is 1. The number of alkyl halides is 1. The molecule has 0 radical (unpaired) electrons. The predicted molar refractivity (Wildman–Crippen MR) is 203 cm³/mol. The minimum Gasteiger partial charge on any atom is -0.490 e. The highest BCUT2D eigenvalue weighted by molar-refractivity contribution is 6.23. The molecule has 16 nitrogen and oxygen atoms in total. The Morgan fingerprint density at radius 3 is 2.27 bits per heavy atom. The Morgan fingerprint density at radius 1 is 0.911 bits per heavy atom. The van der Waals surface area contributed by atoms with Gasteiger partial charge in [0.05, 0.1) is 29.4 Å². The van der Waals surface area contributed by atoms with Gasteiger partial charge in [0.1, 0.15) is 11.7 Å². The van der Waals surface area contributed by atoms with Crippen LogP contribution in [-0.2, 0) is 16.6 Å². The van der Waals surface area contributed by atoms with Crippen LogP contribution < -0.4 is 19.9 Å². The zero-order chi connectivity index (χ0) is 39.3. The third-order valence-electron chi connectivity index (χ3n) is 12.2. The molecule has 17 heteroatoms. The molecule has 1 aromatic heterocycles. The standard InChI is InChI=1S/C39H46FN9O7/c1-43-23-25(22-41-43)29-20-33(49(54)55)34(56-2)21-32(29)47-11-7-26(8-12-47)46-17-15-44(16-18-46)24-39(40)9-13-45(14-10-39)27-3-4-28-30(19-27)38(53)48(37(28)52)31-5-6-35(50)42-36(31)51/h3-4,19-23,26,31H,5-18,24H2,1-2H3,(H,42,50,51). The zero-order valence-electron chi connectivity index (χ0n) is 31.6. The van der Waals surface area contributed by atoms with Crippen molar-refractivity contribution >= 4 is 40.7 Å². The van der Waals surface area contributed by atoms with Crippen LogP contribution in [0.1, 0.15) is 59.2 Å². The molecule has 3 aromatic rings. The van der Waals surface area contributed by atoms with Crippen molar-refractivity contribution < 1.29 is 33.2 Å². The van der Waals surface area contributed by atoms with Crippen LogP contribution in [0.5, 0.6) is 5.75 Å². The number of imide groups is 2. The number of aryl methyl sites for hydroxylation is 1. The number of carbonyl (C=O) groups excluding carboxylic acids is 4. The van der Waals surface area contributed by atoms with Crippen LogP contribution in [0.25, 0.3) is 11.1 Å². The number of aromatic nitrogens is 2. The van der Waals surface area contributed by atoms with Crippen molar-refractivity contribution in [3.63, 3.8) is 0 Å². The van der Waals surface area contributed by atoms with E-state index in [1.807, 2.05) is 18.1 Å². The number of rotatable bonds is 9. The summed E-state index contributed by atoms with van der Waals surface area (Å²) < 4.78 is 23.4. The number of carbonyl (C=O) groups is 4. The third kappa shape index (κ3) is 7.09. The van der Waals surface area contributed by atoms with Gasteiger partial charge in [0, 0.05) is 132 Å². The smallest absolute Gasteiger partial charge is 0.311 e. The van der Waals surface area contributed by atoms with E-state index in [-0.39, 0.29) is 35.4 Å². The molecule has 296 valence electrons. The number of nitrogens with zero attached hydrogens (tertiary/aromatic N) is 8. The van der Waals surface area contributed by atoms with Crippen LogP contribution in [0, 0.1) is 10.1 Å². The first-order chi connectivity index (χ1) is 26.9. The Morgan fingerprint density at radius 2 is 1.62 bits per heavy atom. The number of methoxy groups -OCH3 is 1. The molecule has 0 spiro atoms. The van der Waals surface area contributed by atoms with Crippen LogP contribution in [-0.4, -0.2) is 137 Å². The average molecular weight is 772 g/mol. The van der Waals surface area contributed by atoms with Gasteiger partial charge in [-0.3, -0.25) is 54.0 Å². The van der Waals surface area contributed by atoms with E-state index >= 15 is 4.39 Å². The first kappa shape index (κ1) is 37.5. The highest BCUT2D eigenvalue weighted by Gasteiger charge is 2.45. The van der Waals surface area contributed by atoms with E-state index < -0.39 is 40.3 Å². The van der Waals surface area contributed by atoms with Crippen molar-refractivity contribution in [3.8, 4) is 16.9 Å². The van der Waals surface area contributed by atoms with Gasteiger partial charge in [-0.1, -0.05) is 0 Å². The van der Waals surface area contributed by atoms with Gasteiger partial charge in [-0.25, -0.2) is 4.39 Å². The topological polar surface area (TPSA) is 167 Å². The SMILES string of the molecule is COc1cc(N2CCC(N3CCN(CC4(F)CCN(c5ccc6c(c5)C(=O)N(C5CCC(=O)NC5=O)C6=O)CC4)CC3)CC2)c(-c2cnn(C)c2)cc1[N+](=O)[O-]. The zero-order valence-corrected chi connectivity index (χ0v) is 31.6. The van der Waals surface area contributed by atoms with Crippen molar-refractivity contribution in [2.24, 2.45) is 7.05 Å². The minimum absolute atomic E-state index is 0.0579. The van der Waals surface area contributed by atoms with Gasteiger partial charge < -0.3 is 14.5 Å². The number of piperidine rings is 3. The summed E-state index contributed by atoms with van der Waals surface area (Å²) in [6.07, 6.45) is 6.28. The van der Waals surface area contributed by atoms with E-state index in [0.29, 0.717) is 38.5 Å². The fourth-order valence-electron chi connectivity index (χ4n) is 9.06. The third-order valence-corrected chi connectivity index (χ3v) is 12.2. The van der Waals surface area contributed by atoms with Gasteiger partial charge in [0.2, 0.25) is 11.8 Å². The number of nitro groups is 1. The normalized spacial score (nSPS) is 22.4. The van der Waals surface area contributed by atoms with Gasteiger partial charge in [-0.15, -0.1) is 0 Å². The van der Waals surface area contributed by atoms with Crippen molar-refractivity contribution in [1.82, 2.24) is 29.8 Å². The maximum Gasteiger partial charge on any atom is 0.311 e. The largest absolute Gasteiger partial charge is 0.490 e. The number of ether oxygens (including phenoxy) is 1. The Bertz CT molecular complexity index is 2070. The van der Waals surface area contributed by atoms with E-state index in [0.717, 1.165) is 79.5 Å². The summed E-state index contributed by atoms with van der Waals surface area (Å²) >= 11 is 0. The summed E-state index contributed by atoms with van der Waals surface area (Å²) in [7, 11) is 3.26. The van der Waals surface area contributed by atoms with E-state index in [1.165, 1.54) is 7.11 Å². The molecule has 6 heterocycles. The molecule has 5 aliphatic rings. The minimum atomic E-state index is -1.34. The molecule has 4 fully saturated rings. The van der Waals surface area contributed by atoms with Crippen LogP contribution in [0.15, 0.2) is 42.7 Å². The number of amides is 4. The lowest BCUT2D eigenvalue weighted by atomic mass is 9.91. The summed E-state index contributed by atoms with van der Waals surface area (Å²) in [6, 6.07) is 7.76. The molecular formula is C39H46FN9O7. The first-order valence-electron chi connectivity index (χ1n) is 19.3. The number of benzene rings is 2. The van der Waals surface area contributed by atoms with Crippen molar-refractivity contribution in [2.45, 2.75) is 56.3 Å². The number of hydrogen-bond acceptors (Lipinski definition) is 12. The average Bonchev–Trinajstić information content (AvgIpc) is 3.74. The number of piperazine rings is 1. The summed E-state index contributed by atoms with van der Waals surface area (Å²) in [5.41, 5.74) is 2.20. The lowest BCUT2D eigenvalue weighted by Gasteiger charge is -2.45. The number of anilines is 2. The molecule has 1 N–H and O–H groups in total. The molecule has 56 heavy (non-hydrogen) atoms. The lowest BCUT2D eigenvalue weighted by molar-refractivity contribution is -0.385. The van der Waals surface area contributed by atoms with Gasteiger partial charge in [-0.2, -0.15) is 5.10 Å². The highest BCUT2D eigenvalue weighted by Crippen LogP contribution is 2.42. The molecule has 0 bridgehead atoms. The molecule has 8 rings (SSSR count). The van der Waals surface area contributed by atoms with Gasteiger partial charge in [0.25, 0.3) is 11.8 Å². The van der Waals surface area contributed by atoms with E-state index in [4.69, 9.17) is 4.74 Å². The fraction of sp³-hybridized carbons (Fsp3) is 0.513. The molecule has 1 unspecified atom stereocenters. The van der Waals surface area contributed by atoms with E-state index in [2.05, 4.69) is 25.1 Å². The molecule has 5 aliphatic heterocycles. The summed E-state index contributed by atoms with van der Waals surface area (Å²) in [5.74, 6) is -1.94. The number of nitrogens with one attached hydrogen (secondary N) is 1. The fourth-order valence-corrected chi connectivity index (χ4v) is 9.06. The van der Waals surface area contributed by atoms with Crippen LogP contribution in [0.3, 0.4) is 0 Å². The number of fused-ring (bicyclic) bond motifs is 1. The predicted octanol–water partition coefficient (Wildman–Crippen LogP) is 3.00. The van der Waals surface area contributed by atoms with Crippen LogP contribution >= 0.6 is 0 Å². The van der Waals surface area contributed by atoms with Gasteiger partial charge >= 0.3 is 5.69 Å².